The second-order valence-corrected chi connectivity index (χ2v) is 18.4. The summed E-state index contributed by atoms with van der Waals surface area (Å²) in [6.07, 6.45) is 1.66. The first-order valence-electron chi connectivity index (χ1n) is 19.0. The molecule has 1 aliphatic heterocycles. The van der Waals surface area contributed by atoms with Gasteiger partial charge in [-0.05, 0) is 124 Å². The normalized spacial score (nSPS) is 48.2. The Labute approximate surface area is 299 Å². The number of carbonyl (C=O) groups is 1. The van der Waals surface area contributed by atoms with Crippen LogP contribution in [0.3, 0.4) is 0 Å². The molecule has 0 unspecified atom stereocenters. The third-order valence-corrected chi connectivity index (χ3v) is 14.9. The van der Waals surface area contributed by atoms with Crippen molar-refractivity contribution in [2.45, 2.75) is 168 Å². The Kier molecular flexibility index (Phi) is 11.3. The molecule has 16 atom stereocenters. The fraction of sp³-hybridized carbons (Fsp3) is 0.875. The summed E-state index contributed by atoms with van der Waals surface area (Å²) in [4.78, 5) is 12.1. The van der Waals surface area contributed by atoms with Crippen molar-refractivity contribution in [2.24, 2.45) is 45.3 Å². The molecule has 4 saturated carbocycles. The summed E-state index contributed by atoms with van der Waals surface area (Å²) < 4.78 is 18.2. The Morgan fingerprint density at radius 3 is 2.28 bits per heavy atom. The predicted molar refractivity (Wildman–Crippen MR) is 188 cm³/mol. The van der Waals surface area contributed by atoms with Gasteiger partial charge in [-0.2, -0.15) is 0 Å². The van der Waals surface area contributed by atoms with Crippen molar-refractivity contribution in [3.8, 4) is 0 Å². The molecule has 6 N–H and O–H groups in total. The fourth-order valence-corrected chi connectivity index (χ4v) is 12.2. The fourth-order valence-electron chi connectivity index (χ4n) is 12.2. The zero-order chi connectivity index (χ0) is 37.2. The zero-order valence-electron chi connectivity index (χ0n) is 31.8. The standard InChI is InChI=1S/C40H66O10/c1-10-12-29(43)48-21-26-31(44)32(45)33(46)35(50-26)49-25-20-39(8)27(37(6)17-15-28(42)36(4,5)34(25)37)19-24(41)30-23(14-18-38(30,39)7)40(9,47)16-11-13-22(2)3/h10,12-13,23-28,30-35,41-42,44-47H,11,14-21H2,1-9H3/b12-10+/t23-,24+,25-,26+,27+,28-,30-,31+,32-,33+,34-,35+,37+,38+,39+,40-/m0/s1. The molecule has 50 heavy (non-hydrogen) atoms. The molecule has 5 rings (SSSR count). The van der Waals surface area contributed by atoms with E-state index in [4.69, 9.17) is 14.2 Å². The summed E-state index contributed by atoms with van der Waals surface area (Å²) in [5, 5.41) is 68.5. The Balaban J connectivity index is 1.51. The highest BCUT2D eigenvalue weighted by molar-refractivity contribution is 5.81. The van der Waals surface area contributed by atoms with Gasteiger partial charge in [0.1, 0.15) is 31.0 Å². The third-order valence-electron chi connectivity index (χ3n) is 14.9. The van der Waals surface area contributed by atoms with Gasteiger partial charge in [0.15, 0.2) is 6.29 Å². The van der Waals surface area contributed by atoms with E-state index in [9.17, 15) is 35.4 Å². The first-order chi connectivity index (χ1) is 23.2. The monoisotopic (exact) mass is 706 g/mol. The second kappa shape index (κ2) is 14.1. The van der Waals surface area contributed by atoms with E-state index in [1.807, 2.05) is 6.92 Å². The molecule has 0 aromatic carbocycles. The first kappa shape index (κ1) is 39.8. The summed E-state index contributed by atoms with van der Waals surface area (Å²) in [5.74, 6) is -0.918. The molecule has 286 valence electrons. The highest BCUT2D eigenvalue weighted by atomic mass is 16.7. The van der Waals surface area contributed by atoms with Crippen LogP contribution < -0.4 is 0 Å². The molecule has 10 nitrogen and oxygen atoms in total. The maximum Gasteiger partial charge on any atom is 0.330 e. The van der Waals surface area contributed by atoms with Gasteiger partial charge in [-0.3, -0.25) is 0 Å². The number of hydrogen-bond donors (Lipinski definition) is 6. The molecule has 10 heteroatoms. The van der Waals surface area contributed by atoms with E-state index in [-0.39, 0.29) is 46.5 Å². The molecule has 5 aliphatic rings. The number of aliphatic hydroxyl groups excluding tert-OH is 5. The molecule has 4 aliphatic carbocycles. The van der Waals surface area contributed by atoms with Crippen LogP contribution in [0.2, 0.25) is 0 Å². The molecule has 1 saturated heterocycles. The van der Waals surface area contributed by atoms with E-state index in [0.29, 0.717) is 25.7 Å². The number of hydrogen-bond acceptors (Lipinski definition) is 10. The van der Waals surface area contributed by atoms with E-state index in [2.05, 4.69) is 54.5 Å². The number of fused-ring (bicyclic) bond motifs is 5. The largest absolute Gasteiger partial charge is 0.460 e. The van der Waals surface area contributed by atoms with Crippen LogP contribution in [0, 0.1) is 45.3 Å². The minimum Gasteiger partial charge on any atom is -0.460 e. The van der Waals surface area contributed by atoms with Crippen LogP contribution in [-0.4, -0.2) is 97.8 Å². The van der Waals surface area contributed by atoms with E-state index in [1.165, 1.54) is 17.7 Å². The number of ether oxygens (including phenoxy) is 3. The highest BCUT2D eigenvalue weighted by Gasteiger charge is 2.73. The zero-order valence-corrected chi connectivity index (χ0v) is 31.8. The van der Waals surface area contributed by atoms with Gasteiger partial charge in [-0.25, -0.2) is 4.79 Å². The summed E-state index contributed by atoms with van der Waals surface area (Å²) in [7, 11) is 0. The van der Waals surface area contributed by atoms with Gasteiger partial charge in [0, 0.05) is 6.08 Å². The average molecular weight is 707 g/mol. The maximum atomic E-state index is 12.2. The second-order valence-electron chi connectivity index (χ2n) is 18.4. The van der Waals surface area contributed by atoms with Crippen molar-refractivity contribution in [1.29, 1.82) is 0 Å². The summed E-state index contributed by atoms with van der Waals surface area (Å²) in [5.41, 5.74) is -1.38. The first-order valence-corrected chi connectivity index (χ1v) is 19.0. The Bertz CT molecular complexity index is 1290. The molecule has 0 spiro atoms. The van der Waals surface area contributed by atoms with Crippen molar-refractivity contribution in [1.82, 2.24) is 0 Å². The molecule has 1 heterocycles. The topological polar surface area (TPSA) is 166 Å². The quantitative estimate of drug-likeness (QED) is 0.0875. The molecule has 0 bridgehead atoms. The number of aliphatic hydroxyl groups is 6. The van der Waals surface area contributed by atoms with Gasteiger partial charge < -0.3 is 44.8 Å². The van der Waals surface area contributed by atoms with E-state index in [0.717, 1.165) is 25.7 Å². The molecule has 0 aromatic rings. The van der Waals surface area contributed by atoms with Gasteiger partial charge in [-0.15, -0.1) is 0 Å². The average Bonchev–Trinajstić information content (AvgIpc) is 3.41. The van der Waals surface area contributed by atoms with Crippen molar-refractivity contribution < 1.29 is 49.6 Å². The van der Waals surface area contributed by atoms with E-state index < -0.39 is 66.0 Å². The lowest BCUT2D eigenvalue weighted by atomic mass is 9.34. The Morgan fingerprint density at radius 2 is 1.64 bits per heavy atom. The van der Waals surface area contributed by atoms with Crippen molar-refractivity contribution in [3.63, 3.8) is 0 Å². The Hall–Kier alpha value is -1.37. The number of rotatable bonds is 9. The lowest BCUT2D eigenvalue weighted by Crippen LogP contribution is -2.71. The number of allylic oxidation sites excluding steroid dienone is 3. The van der Waals surface area contributed by atoms with Crippen LogP contribution in [0.25, 0.3) is 0 Å². The van der Waals surface area contributed by atoms with Crippen LogP contribution in [-0.2, 0) is 19.0 Å². The molecular weight excluding hydrogens is 640 g/mol. The molecular formula is C40H66O10. The van der Waals surface area contributed by atoms with E-state index >= 15 is 0 Å². The van der Waals surface area contributed by atoms with E-state index in [1.54, 1.807) is 6.92 Å². The van der Waals surface area contributed by atoms with Gasteiger partial charge >= 0.3 is 5.97 Å². The molecule has 0 radical (unpaired) electrons. The van der Waals surface area contributed by atoms with Crippen LogP contribution in [0.1, 0.15) is 114 Å². The predicted octanol–water partition coefficient (Wildman–Crippen LogP) is 4.42. The van der Waals surface area contributed by atoms with Crippen LogP contribution >= 0.6 is 0 Å². The van der Waals surface area contributed by atoms with Crippen molar-refractivity contribution >= 4 is 5.97 Å². The number of carbonyl (C=O) groups excluding carboxylic acids is 1. The molecule has 0 amide bonds. The summed E-state index contributed by atoms with van der Waals surface area (Å²) in [6.45, 7) is 18.4. The van der Waals surface area contributed by atoms with Crippen molar-refractivity contribution in [2.75, 3.05) is 6.61 Å². The van der Waals surface area contributed by atoms with Crippen LogP contribution in [0.5, 0.6) is 0 Å². The molecule has 5 fully saturated rings. The van der Waals surface area contributed by atoms with Gasteiger partial charge in [0.05, 0.1) is 23.9 Å². The van der Waals surface area contributed by atoms with Crippen molar-refractivity contribution in [3.05, 3.63) is 23.8 Å². The summed E-state index contributed by atoms with van der Waals surface area (Å²) in [6, 6.07) is 0. The Morgan fingerprint density at radius 1 is 0.960 bits per heavy atom. The smallest absolute Gasteiger partial charge is 0.330 e. The summed E-state index contributed by atoms with van der Waals surface area (Å²) >= 11 is 0. The maximum absolute atomic E-state index is 12.2. The van der Waals surface area contributed by atoms with Gasteiger partial charge in [0.25, 0.3) is 0 Å². The van der Waals surface area contributed by atoms with Crippen LogP contribution in [0.4, 0.5) is 0 Å². The minimum atomic E-state index is -1.60. The van der Waals surface area contributed by atoms with Gasteiger partial charge in [-0.1, -0.05) is 52.3 Å². The lowest BCUT2D eigenvalue weighted by Gasteiger charge is -2.72. The van der Waals surface area contributed by atoms with Crippen LogP contribution in [0.15, 0.2) is 23.8 Å². The third kappa shape index (κ3) is 6.56. The highest BCUT2D eigenvalue weighted by Crippen LogP contribution is 2.76. The minimum absolute atomic E-state index is 0.0773. The number of esters is 1. The van der Waals surface area contributed by atoms with Gasteiger partial charge in [0.2, 0.25) is 0 Å². The lowest BCUT2D eigenvalue weighted by molar-refractivity contribution is -0.347. The molecule has 0 aromatic heterocycles. The SMILES string of the molecule is C/C=C/C(=O)OC[C@H]1O[C@@H](O[C@H]2C[C@]3(C)[C@H](C[C@@H](O)[C@@H]4[C@@H]([C@@](C)(O)CCC=C(C)C)CC[C@]43C)[C@@]3(C)CC[C@H](O)C(C)(C)[C@H]23)[C@H](O)[C@@H](O)[C@@H]1O.